The summed E-state index contributed by atoms with van der Waals surface area (Å²) >= 11 is 6.48. The molecule has 1 aromatic carbocycles. The summed E-state index contributed by atoms with van der Waals surface area (Å²) in [6.07, 6.45) is 0. The molecule has 1 heterocycles. The van der Waals surface area contributed by atoms with Crippen LogP contribution in [0.15, 0.2) is 30.3 Å². The first-order chi connectivity index (χ1) is 11.1. The van der Waals surface area contributed by atoms with Crippen LogP contribution in [0.4, 0.5) is 5.69 Å². The van der Waals surface area contributed by atoms with Gasteiger partial charge in [0.15, 0.2) is 5.11 Å². The lowest BCUT2D eigenvalue weighted by atomic mass is 10.2. The third kappa shape index (κ3) is 4.20. The Morgan fingerprint density at radius 1 is 1.30 bits per heavy atom. The SMILES string of the molecule is CCOC(=O)c1sc(-c2ccc(OC)cc2)cc1NC(=S)NC. The zero-order valence-electron chi connectivity index (χ0n) is 13.1. The van der Waals surface area contributed by atoms with Crippen molar-refractivity contribution < 1.29 is 14.3 Å². The number of thiocarbonyl (C=S) groups is 1. The highest BCUT2D eigenvalue weighted by Gasteiger charge is 2.19. The molecule has 0 unspecified atom stereocenters. The Balaban J connectivity index is 2.38. The van der Waals surface area contributed by atoms with E-state index in [1.54, 1.807) is 21.1 Å². The van der Waals surface area contributed by atoms with Gasteiger partial charge in [-0.25, -0.2) is 4.79 Å². The number of anilines is 1. The molecule has 23 heavy (non-hydrogen) atoms. The fourth-order valence-corrected chi connectivity index (χ4v) is 3.04. The quantitative estimate of drug-likeness (QED) is 0.636. The van der Waals surface area contributed by atoms with Gasteiger partial charge in [-0.3, -0.25) is 0 Å². The van der Waals surface area contributed by atoms with E-state index in [2.05, 4.69) is 10.6 Å². The van der Waals surface area contributed by atoms with Crippen LogP contribution in [0.5, 0.6) is 5.75 Å². The molecule has 5 nitrogen and oxygen atoms in total. The van der Waals surface area contributed by atoms with Crippen molar-refractivity contribution in [3.8, 4) is 16.2 Å². The number of hydrogen-bond donors (Lipinski definition) is 2. The van der Waals surface area contributed by atoms with Gasteiger partial charge in [0.2, 0.25) is 0 Å². The van der Waals surface area contributed by atoms with Gasteiger partial charge >= 0.3 is 5.97 Å². The molecular weight excluding hydrogens is 332 g/mol. The zero-order valence-corrected chi connectivity index (χ0v) is 14.8. The predicted molar refractivity (Wildman–Crippen MR) is 97.5 cm³/mol. The molecule has 0 saturated carbocycles. The minimum atomic E-state index is -0.362. The van der Waals surface area contributed by atoms with Crippen LogP contribution in [0, 0.1) is 0 Å². The Morgan fingerprint density at radius 3 is 2.57 bits per heavy atom. The predicted octanol–water partition coefficient (Wildman–Crippen LogP) is 3.52. The molecule has 0 atom stereocenters. The lowest BCUT2D eigenvalue weighted by molar-refractivity contribution is 0.0533. The number of rotatable bonds is 5. The van der Waals surface area contributed by atoms with E-state index in [0.717, 1.165) is 16.2 Å². The second-order valence-electron chi connectivity index (χ2n) is 4.51. The lowest BCUT2D eigenvalue weighted by Crippen LogP contribution is -2.24. The summed E-state index contributed by atoms with van der Waals surface area (Å²) in [4.78, 5) is 13.6. The molecule has 0 saturated heterocycles. The number of benzene rings is 1. The summed E-state index contributed by atoms with van der Waals surface area (Å²) in [5.74, 6) is 0.421. The van der Waals surface area contributed by atoms with E-state index >= 15 is 0 Å². The van der Waals surface area contributed by atoms with Crippen LogP contribution >= 0.6 is 23.6 Å². The Bertz CT molecular complexity index is 696. The van der Waals surface area contributed by atoms with Gasteiger partial charge in [0.25, 0.3) is 0 Å². The number of carbonyl (C=O) groups is 1. The Morgan fingerprint density at radius 2 is 2.00 bits per heavy atom. The van der Waals surface area contributed by atoms with Gasteiger partial charge in [-0.15, -0.1) is 11.3 Å². The summed E-state index contributed by atoms with van der Waals surface area (Å²) in [5.41, 5.74) is 1.63. The van der Waals surface area contributed by atoms with Gasteiger partial charge < -0.3 is 20.1 Å². The van der Waals surface area contributed by atoms with Gasteiger partial charge in [-0.2, -0.15) is 0 Å². The van der Waals surface area contributed by atoms with Gasteiger partial charge in [-0.1, -0.05) is 0 Å². The average Bonchev–Trinajstić information content (AvgIpc) is 2.99. The van der Waals surface area contributed by atoms with Crippen molar-refractivity contribution in [2.45, 2.75) is 6.92 Å². The van der Waals surface area contributed by atoms with E-state index in [0.29, 0.717) is 22.3 Å². The van der Waals surface area contributed by atoms with Crippen molar-refractivity contribution in [1.29, 1.82) is 0 Å². The first kappa shape index (κ1) is 17.2. The maximum Gasteiger partial charge on any atom is 0.350 e. The second-order valence-corrected chi connectivity index (χ2v) is 5.97. The Hall–Kier alpha value is -2.12. The van der Waals surface area contributed by atoms with Crippen LogP contribution in [0.2, 0.25) is 0 Å². The van der Waals surface area contributed by atoms with Crippen LogP contribution in [0.25, 0.3) is 10.4 Å². The summed E-state index contributed by atoms with van der Waals surface area (Å²) < 4.78 is 10.3. The standard InChI is InChI=1S/C16H18N2O3S2/c1-4-21-15(19)14-12(18-16(22)17-2)9-13(23-14)10-5-7-11(20-3)8-6-10/h5-9H,4H2,1-3H3,(H2,17,18,22). The van der Waals surface area contributed by atoms with Crippen molar-refractivity contribution in [2.75, 3.05) is 26.1 Å². The van der Waals surface area contributed by atoms with Crippen LogP contribution < -0.4 is 15.4 Å². The summed E-state index contributed by atoms with van der Waals surface area (Å²) in [7, 11) is 3.34. The maximum absolute atomic E-state index is 12.1. The minimum Gasteiger partial charge on any atom is -0.497 e. The summed E-state index contributed by atoms with van der Waals surface area (Å²) in [6, 6.07) is 9.54. The van der Waals surface area contributed by atoms with Crippen molar-refractivity contribution in [2.24, 2.45) is 0 Å². The van der Waals surface area contributed by atoms with E-state index in [4.69, 9.17) is 21.7 Å². The molecule has 0 radical (unpaired) electrons. The van der Waals surface area contributed by atoms with Crippen molar-refractivity contribution >= 4 is 40.3 Å². The molecule has 122 valence electrons. The molecule has 0 bridgehead atoms. The number of methoxy groups -OCH3 is 1. The van der Waals surface area contributed by atoms with Crippen molar-refractivity contribution in [3.05, 3.63) is 35.2 Å². The van der Waals surface area contributed by atoms with E-state index in [-0.39, 0.29) is 5.97 Å². The molecule has 2 aromatic rings. The highest BCUT2D eigenvalue weighted by atomic mass is 32.1. The van der Waals surface area contributed by atoms with E-state index in [1.807, 2.05) is 30.3 Å². The highest BCUT2D eigenvalue weighted by molar-refractivity contribution is 7.80. The number of carbonyl (C=O) groups excluding carboxylic acids is 1. The van der Waals surface area contributed by atoms with Crippen LogP contribution in [-0.4, -0.2) is 31.8 Å². The average molecular weight is 350 g/mol. The smallest absolute Gasteiger partial charge is 0.350 e. The number of esters is 1. The molecule has 0 spiro atoms. The first-order valence-corrected chi connectivity index (χ1v) is 8.25. The van der Waals surface area contributed by atoms with Crippen molar-refractivity contribution in [3.63, 3.8) is 0 Å². The van der Waals surface area contributed by atoms with E-state index in [9.17, 15) is 4.79 Å². The normalized spacial score (nSPS) is 10.0. The van der Waals surface area contributed by atoms with Crippen LogP contribution in [-0.2, 0) is 4.74 Å². The fourth-order valence-electron chi connectivity index (χ4n) is 1.91. The second kappa shape index (κ2) is 7.94. The maximum atomic E-state index is 12.1. The van der Waals surface area contributed by atoms with Crippen LogP contribution in [0.1, 0.15) is 16.6 Å². The molecule has 0 aliphatic rings. The number of hydrogen-bond acceptors (Lipinski definition) is 5. The minimum absolute atomic E-state index is 0.324. The van der Waals surface area contributed by atoms with Gasteiger partial charge in [0.05, 0.1) is 19.4 Å². The van der Waals surface area contributed by atoms with E-state index < -0.39 is 0 Å². The van der Waals surface area contributed by atoms with Crippen LogP contribution in [0.3, 0.4) is 0 Å². The molecule has 7 heteroatoms. The molecule has 2 rings (SSSR count). The zero-order chi connectivity index (χ0) is 16.8. The van der Waals surface area contributed by atoms with Gasteiger partial charge in [0.1, 0.15) is 10.6 Å². The Kier molecular flexibility index (Phi) is 5.95. The first-order valence-electron chi connectivity index (χ1n) is 7.03. The highest BCUT2D eigenvalue weighted by Crippen LogP contribution is 2.36. The summed E-state index contributed by atoms with van der Waals surface area (Å²) in [6.45, 7) is 2.10. The lowest BCUT2D eigenvalue weighted by Gasteiger charge is -2.07. The third-order valence-corrected chi connectivity index (χ3v) is 4.51. The molecular formula is C16H18N2O3S2. The monoisotopic (exact) mass is 350 g/mol. The van der Waals surface area contributed by atoms with Gasteiger partial charge in [-0.05, 0) is 55.0 Å². The fraction of sp³-hybridized carbons (Fsp3) is 0.250. The van der Waals surface area contributed by atoms with E-state index in [1.165, 1.54) is 11.3 Å². The molecule has 2 N–H and O–H groups in total. The number of thiophene rings is 1. The molecule has 0 fully saturated rings. The largest absolute Gasteiger partial charge is 0.497 e. The third-order valence-electron chi connectivity index (χ3n) is 3.04. The number of ether oxygens (including phenoxy) is 2. The van der Waals surface area contributed by atoms with Gasteiger partial charge in [0, 0.05) is 11.9 Å². The molecule has 0 aliphatic heterocycles. The Labute approximate surface area is 144 Å². The van der Waals surface area contributed by atoms with Crippen molar-refractivity contribution in [1.82, 2.24) is 5.32 Å². The number of nitrogens with one attached hydrogen (secondary N) is 2. The molecule has 0 aliphatic carbocycles. The molecule has 0 amide bonds. The summed E-state index contributed by atoms with van der Waals surface area (Å²) in [5, 5.41) is 6.29. The topological polar surface area (TPSA) is 59.6 Å². The molecule has 1 aromatic heterocycles.